The summed E-state index contributed by atoms with van der Waals surface area (Å²) in [4.78, 5) is 0. The minimum absolute atomic E-state index is 0. The molecular weight excluding hydrogens is 358 g/mol. The summed E-state index contributed by atoms with van der Waals surface area (Å²) in [6, 6.07) is 25.2. The lowest BCUT2D eigenvalue weighted by Crippen LogP contribution is -2.26. The Morgan fingerprint density at radius 2 is 1.19 bits per heavy atom. The zero-order valence-corrected chi connectivity index (χ0v) is 16.7. The molecule has 0 unspecified atom stereocenters. The number of para-hydroxylation sites is 2. The Kier molecular flexibility index (Phi) is 6.89. The first kappa shape index (κ1) is 20.8. The number of ether oxygens (including phenoxy) is 2. The van der Waals surface area contributed by atoms with Crippen LogP contribution < -0.4 is 15.2 Å². The summed E-state index contributed by atoms with van der Waals surface area (Å²) in [6.45, 7) is 6.39. The van der Waals surface area contributed by atoms with Crippen molar-refractivity contribution in [3.8, 4) is 23.0 Å². The maximum absolute atomic E-state index is 6.44. The van der Waals surface area contributed by atoms with Gasteiger partial charge in [-0.1, -0.05) is 63.2 Å². The number of hydrogen-bond acceptors (Lipinski definition) is 3. The Balaban J connectivity index is 0.00000261. The Hall–Kier alpha value is -2.49. The van der Waals surface area contributed by atoms with E-state index in [9.17, 15) is 0 Å². The largest absolute Gasteiger partial charge is 0.453 e. The number of hydrogen-bond donors (Lipinski definition) is 1. The van der Waals surface area contributed by atoms with Crippen LogP contribution in [0.3, 0.4) is 0 Å². The topological polar surface area (TPSA) is 44.5 Å². The Bertz CT molecular complexity index is 845. The molecule has 0 aliphatic heterocycles. The van der Waals surface area contributed by atoms with Crippen LogP contribution in [0.2, 0.25) is 0 Å². The van der Waals surface area contributed by atoms with Crippen LogP contribution in [0.1, 0.15) is 32.4 Å². The van der Waals surface area contributed by atoms with E-state index in [0.29, 0.717) is 11.5 Å². The molecule has 0 aromatic heterocycles. The average molecular weight is 384 g/mol. The van der Waals surface area contributed by atoms with Gasteiger partial charge in [-0.25, -0.2) is 0 Å². The fraction of sp³-hybridized carbons (Fsp3) is 0.217. The van der Waals surface area contributed by atoms with Crippen molar-refractivity contribution in [2.45, 2.75) is 26.8 Å². The fourth-order valence-electron chi connectivity index (χ4n) is 2.61. The number of nitrogens with two attached hydrogens (primary N) is 1. The van der Waals surface area contributed by atoms with Gasteiger partial charge < -0.3 is 15.2 Å². The molecule has 0 amide bonds. The van der Waals surface area contributed by atoms with Gasteiger partial charge in [0.05, 0.1) is 0 Å². The highest BCUT2D eigenvalue weighted by atomic mass is 35.5. The van der Waals surface area contributed by atoms with Gasteiger partial charge in [0.15, 0.2) is 11.5 Å². The van der Waals surface area contributed by atoms with E-state index >= 15 is 0 Å². The van der Waals surface area contributed by atoms with Crippen molar-refractivity contribution in [2.75, 3.05) is 0 Å². The molecule has 0 heterocycles. The molecule has 0 spiro atoms. The molecule has 3 aromatic carbocycles. The van der Waals surface area contributed by atoms with Crippen molar-refractivity contribution in [3.05, 3.63) is 84.4 Å². The van der Waals surface area contributed by atoms with Crippen LogP contribution in [0.15, 0.2) is 78.9 Å². The minimum atomic E-state index is -0.105. The van der Waals surface area contributed by atoms with E-state index in [-0.39, 0.29) is 23.9 Å². The van der Waals surface area contributed by atoms with Gasteiger partial charge in [-0.2, -0.15) is 0 Å². The van der Waals surface area contributed by atoms with E-state index in [4.69, 9.17) is 15.2 Å². The van der Waals surface area contributed by atoms with Crippen LogP contribution >= 0.6 is 12.4 Å². The maximum atomic E-state index is 6.44. The molecule has 27 heavy (non-hydrogen) atoms. The normalized spacial score (nSPS) is 12.0. The Morgan fingerprint density at radius 3 is 1.67 bits per heavy atom. The zero-order valence-electron chi connectivity index (χ0n) is 15.9. The van der Waals surface area contributed by atoms with Crippen LogP contribution in [0.25, 0.3) is 0 Å². The fourth-order valence-corrected chi connectivity index (χ4v) is 2.61. The summed E-state index contributed by atoms with van der Waals surface area (Å²) in [5, 5.41) is 0. The van der Waals surface area contributed by atoms with Crippen molar-refractivity contribution < 1.29 is 9.47 Å². The van der Waals surface area contributed by atoms with Crippen LogP contribution in [0.4, 0.5) is 0 Å². The quantitative estimate of drug-likeness (QED) is 0.530. The molecule has 3 nitrogen and oxygen atoms in total. The smallest absolute Gasteiger partial charge is 0.170 e. The number of rotatable bonds is 5. The third-order valence-corrected chi connectivity index (χ3v) is 4.20. The van der Waals surface area contributed by atoms with Gasteiger partial charge in [-0.05, 0) is 47.4 Å². The first-order chi connectivity index (χ1) is 12.4. The first-order valence-corrected chi connectivity index (χ1v) is 8.79. The highest BCUT2D eigenvalue weighted by molar-refractivity contribution is 5.85. The van der Waals surface area contributed by atoms with Gasteiger partial charge in [0.1, 0.15) is 11.5 Å². The second-order valence-corrected chi connectivity index (χ2v) is 7.38. The Morgan fingerprint density at radius 1 is 0.704 bits per heavy atom. The molecule has 2 N–H and O–H groups in total. The maximum Gasteiger partial charge on any atom is 0.170 e. The van der Waals surface area contributed by atoms with Gasteiger partial charge in [-0.15, -0.1) is 12.4 Å². The summed E-state index contributed by atoms with van der Waals surface area (Å²) >= 11 is 0. The van der Waals surface area contributed by atoms with Crippen molar-refractivity contribution in [1.29, 1.82) is 0 Å². The summed E-state index contributed by atoms with van der Waals surface area (Å²) < 4.78 is 12.1. The second kappa shape index (κ2) is 8.94. The van der Waals surface area contributed by atoms with Crippen LogP contribution in [-0.2, 0) is 0 Å². The first-order valence-electron chi connectivity index (χ1n) is 8.79. The number of benzene rings is 3. The summed E-state index contributed by atoms with van der Waals surface area (Å²) in [5.41, 5.74) is 7.41. The van der Waals surface area contributed by atoms with Gasteiger partial charge in [0.2, 0.25) is 0 Å². The molecule has 0 aliphatic rings. The average Bonchev–Trinajstić information content (AvgIpc) is 2.63. The summed E-state index contributed by atoms with van der Waals surface area (Å²) in [7, 11) is 0. The Labute approximate surface area is 167 Å². The molecule has 3 aromatic rings. The molecule has 0 bridgehead atoms. The molecule has 142 valence electrons. The lowest BCUT2D eigenvalue weighted by Gasteiger charge is -2.28. The molecule has 0 saturated carbocycles. The van der Waals surface area contributed by atoms with Crippen molar-refractivity contribution in [3.63, 3.8) is 0 Å². The van der Waals surface area contributed by atoms with Crippen LogP contribution in [-0.4, -0.2) is 0 Å². The monoisotopic (exact) mass is 383 g/mol. The van der Waals surface area contributed by atoms with E-state index in [1.54, 1.807) is 0 Å². The minimum Gasteiger partial charge on any atom is -0.453 e. The molecule has 4 heteroatoms. The standard InChI is InChI=1S/C23H25NO2.ClH/c1-23(2,3)22(24)17-14-15-20(25-18-10-6-4-7-11-18)21(16-17)26-19-12-8-5-9-13-19;/h4-16,22H,24H2,1-3H3;1H/t22-;/m0./s1. The molecule has 0 aliphatic carbocycles. The van der Waals surface area contributed by atoms with Gasteiger partial charge in [0.25, 0.3) is 0 Å². The molecule has 0 saturated heterocycles. The van der Waals surface area contributed by atoms with Gasteiger partial charge >= 0.3 is 0 Å². The zero-order chi connectivity index (χ0) is 18.6. The lowest BCUT2D eigenvalue weighted by molar-refractivity contribution is 0.325. The third kappa shape index (κ3) is 5.49. The SMILES string of the molecule is CC(C)(C)[C@@H](N)c1ccc(Oc2ccccc2)c(Oc2ccccc2)c1.Cl. The van der Waals surface area contributed by atoms with Crippen molar-refractivity contribution in [2.24, 2.45) is 11.1 Å². The van der Waals surface area contributed by atoms with Gasteiger partial charge in [0, 0.05) is 6.04 Å². The highest BCUT2D eigenvalue weighted by Crippen LogP contribution is 2.39. The third-order valence-electron chi connectivity index (χ3n) is 4.20. The van der Waals surface area contributed by atoms with Crippen molar-refractivity contribution >= 4 is 12.4 Å². The van der Waals surface area contributed by atoms with Crippen LogP contribution in [0, 0.1) is 5.41 Å². The molecular formula is C23H26ClNO2. The number of halogens is 1. The highest BCUT2D eigenvalue weighted by Gasteiger charge is 2.23. The summed E-state index contributed by atoms with van der Waals surface area (Å²) in [5.74, 6) is 2.83. The predicted molar refractivity (Wildman–Crippen MR) is 113 cm³/mol. The van der Waals surface area contributed by atoms with Gasteiger partial charge in [-0.3, -0.25) is 0 Å². The lowest BCUT2D eigenvalue weighted by atomic mass is 9.83. The van der Waals surface area contributed by atoms with E-state index in [1.165, 1.54) is 0 Å². The predicted octanol–water partition coefficient (Wildman–Crippen LogP) is 6.74. The molecule has 3 rings (SSSR count). The summed E-state index contributed by atoms with van der Waals surface area (Å²) in [6.07, 6.45) is 0. The second-order valence-electron chi connectivity index (χ2n) is 7.38. The molecule has 0 radical (unpaired) electrons. The molecule has 0 fully saturated rings. The van der Waals surface area contributed by atoms with Crippen molar-refractivity contribution in [1.82, 2.24) is 0 Å². The van der Waals surface area contributed by atoms with E-state index < -0.39 is 0 Å². The van der Waals surface area contributed by atoms with E-state index in [2.05, 4.69) is 20.8 Å². The molecule has 1 atom stereocenters. The van der Waals surface area contributed by atoms with E-state index in [1.807, 2.05) is 78.9 Å². The van der Waals surface area contributed by atoms with E-state index in [0.717, 1.165) is 17.1 Å². The van der Waals surface area contributed by atoms with Crippen LogP contribution in [0.5, 0.6) is 23.0 Å².